The van der Waals surface area contributed by atoms with Crippen molar-refractivity contribution in [1.29, 1.82) is 0 Å². The number of carbonyl (C=O) groups excluding carboxylic acids is 1. The van der Waals surface area contributed by atoms with Gasteiger partial charge in [0.2, 0.25) is 0 Å². The zero-order valence-electron chi connectivity index (χ0n) is 10.3. The summed E-state index contributed by atoms with van der Waals surface area (Å²) in [6, 6.07) is 3.46. The molecule has 7 heteroatoms. The largest absolute Gasteiger partial charge is 0.481 e. The van der Waals surface area contributed by atoms with Crippen molar-refractivity contribution in [2.75, 3.05) is 18.0 Å². The van der Waals surface area contributed by atoms with Crippen molar-refractivity contribution in [2.24, 2.45) is 5.92 Å². The zero-order valence-corrected chi connectivity index (χ0v) is 11.0. The Kier molecular flexibility index (Phi) is 4.31. The van der Waals surface area contributed by atoms with Crippen molar-refractivity contribution in [3.63, 3.8) is 0 Å². The SMILES string of the molecule is O=C(O)CC(=O)C1CCN(c2ccc(Cl)nn2)CC1. The average Bonchev–Trinajstić information content (AvgIpc) is 2.39. The van der Waals surface area contributed by atoms with Gasteiger partial charge in [-0.3, -0.25) is 9.59 Å². The molecule has 1 aromatic rings. The van der Waals surface area contributed by atoms with E-state index in [4.69, 9.17) is 16.7 Å². The van der Waals surface area contributed by atoms with Crippen LogP contribution in [0.25, 0.3) is 0 Å². The lowest BCUT2D eigenvalue weighted by Crippen LogP contribution is -2.37. The minimum absolute atomic E-state index is 0.160. The highest BCUT2D eigenvalue weighted by molar-refractivity contribution is 6.29. The van der Waals surface area contributed by atoms with Crippen molar-refractivity contribution in [3.8, 4) is 0 Å². The Balaban J connectivity index is 1.90. The first-order valence-electron chi connectivity index (χ1n) is 6.05. The summed E-state index contributed by atoms with van der Waals surface area (Å²) in [5, 5.41) is 16.7. The number of anilines is 1. The van der Waals surface area contributed by atoms with Crippen LogP contribution in [0, 0.1) is 5.92 Å². The molecular formula is C12H14ClN3O3. The molecule has 1 aromatic heterocycles. The Labute approximate surface area is 115 Å². The monoisotopic (exact) mass is 283 g/mol. The van der Waals surface area contributed by atoms with Crippen LogP contribution in [-0.2, 0) is 9.59 Å². The Morgan fingerprint density at radius 3 is 2.53 bits per heavy atom. The number of piperidine rings is 1. The first-order chi connectivity index (χ1) is 9.06. The Morgan fingerprint density at radius 2 is 2.00 bits per heavy atom. The number of Topliss-reactive ketones (excluding diaryl/α,β-unsaturated/α-hetero) is 1. The third-order valence-electron chi connectivity index (χ3n) is 3.22. The maximum atomic E-state index is 11.7. The number of rotatable bonds is 4. The molecule has 0 atom stereocenters. The van der Waals surface area contributed by atoms with E-state index in [0.717, 1.165) is 5.82 Å². The smallest absolute Gasteiger partial charge is 0.310 e. The van der Waals surface area contributed by atoms with E-state index < -0.39 is 5.97 Å². The van der Waals surface area contributed by atoms with Gasteiger partial charge in [-0.1, -0.05) is 11.6 Å². The topological polar surface area (TPSA) is 83.4 Å². The van der Waals surface area contributed by atoms with Gasteiger partial charge in [-0.05, 0) is 25.0 Å². The van der Waals surface area contributed by atoms with Crippen LogP contribution in [0.3, 0.4) is 0 Å². The van der Waals surface area contributed by atoms with Crippen LogP contribution in [0.4, 0.5) is 5.82 Å². The van der Waals surface area contributed by atoms with Crippen LogP contribution in [0.1, 0.15) is 19.3 Å². The second-order valence-electron chi connectivity index (χ2n) is 4.51. The molecule has 2 rings (SSSR count). The molecule has 0 amide bonds. The zero-order chi connectivity index (χ0) is 13.8. The first-order valence-corrected chi connectivity index (χ1v) is 6.43. The molecule has 1 N–H and O–H groups in total. The van der Waals surface area contributed by atoms with Gasteiger partial charge >= 0.3 is 5.97 Å². The molecule has 1 saturated heterocycles. The molecule has 102 valence electrons. The second kappa shape index (κ2) is 5.97. The number of aliphatic carboxylic acids is 1. The molecule has 1 fully saturated rings. The van der Waals surface area contributed by atoms with Gasteiger partial charge in [0.05, 0.1) is 0 Å². The standard InChI is InChI=1S/C12H14ClN3O3/c13-10-1-2-11(15-14-10)16-5-3-8(4-6-16)9(17)7-12(18)19/h1-2,8H,3-7H2,(H,18,19). The van der Waals surface area contributed by atoms with Crippen LogP contribution in [0.15, 0.2) is 12.1 Å². The van der Waals surface area contributed by atoms with E-state index in [1.54, 1.807) is 12.1 Å². The highest BCUT2D eigenvalue weighted by atomic mass is 35.5. The van der Waals surface area contributed by atoms with E-state index in [2.05, 4.69) is 10.2 Å². The quantitative estimate of drug-likeness (QED) is 0.841. The fraction of sp³-hybridized carbons (Fsp3) is 0.500. The Morgan fingerprint density at radius 1 is 1.32 bits per heavy atom. The summed E-state index contributed by atoms with van der Waals surface area (Å²) in [4.78, 5) is 24.2. The second-order valence-corrected chi connectivity index (χ2v) is 4.90. The van der Waals surface area contributed by atoms with E-state index in [1.807, 2.05) is 4.90 Å². The molecule has 0 bridgehead atoms. The van der Waals surface area contributed by atoms with Crippen LogP contribution in [-0.4, -0.2) is 40.1 Å². The summed E-state index contributed by atoms with van der Waals surface area (Å²) >= 11 is 5.67. The van der Waals surface area contributed by atoms with Crippen LogP contribution < -0.4 is 4.90 Å². The number of carbonyl (C=O) groups is 2. The third-order valence-corrected chi connectivity index (χ3v) is 3.42. The fourth-order valence-electron chi connectivity index (χ4n) is 2.20. The molecule has 0 spiro atoms. The molecule has 1 aliphatic rings. The average molecular weight is 284 g/mol. The number of carboxylic acid groups (broad SMARTS) is 1. The molecule has 0 saturated carbocycles. The molecule has 6 nitrogen and oxygen atoms in total. The Hall–Kier alpha value is -1.69. The van der Waals surface area contributed by atoms with Crippen LogP contribution >= 0.6 is 11.6 Å². The molecular weight excluding hydrogens is 270 g/mol. The normalized spacial score (nSPS) is 16.4. The fourth-order valence-corrected chi connectivity index (χ4v) is 2.30. The van der Waals surface area contributed by atoms with E-state index in [0.29, 0.717) is 31.1 Å². The number of ketones is 1. The number of aromatic nitrogens is 2. The molecule has 0 aliphatic carbocycles. The van der Waals surface area contributed by atoms with E-state index in [1.165, 1.54) is 0 Å². The molecule has 1 aliphatic heterocycles. The van der Waals surface area contributed by atoms with Gasteiger partial charge in [-0.15, -0.1) is 10.2 Å². The van der Waals surface area contributed by atoms with Gasteiger partial charge in [-0.2, -0.15) is 0 Å². The minimum Gasteiger partial charge on any atom is -0.481 e. The summed E-state index contributed by atoms with van der Waals surface area (Å²) in [5.74, 6) is -0.675. The Bertz CT molecular complexity index is 470. The lowest BCUT2D eigenvalue weighted by molar-refractivity contribution is -0.141. The lowest BCUT2D eigenvalue weighted by Gasteiger charge is -2.31. The van der Waals surface area contributed by atoms with Gasteiger partial charge < -0.3 is 10.0 Å². The number of nitrogens with zero attached hydrogens (tertiary/aromatic N) is 3. The maximum Gasteiger partial charge on any atom is 0.310 e. The van der Waals surface area contributed by atoms with Crippen LogP contribution in [0.5, 0.6) is 0 Å². The molecule has 0 aromatic carbocycles. The summed E-state index contributed by atoms with van der Waals surface area (Å²) in [6.07, 6.45) is 0.915. The molecule has 0 unspecified atom stereocenters. The van der Waals surface area contributed by atoms with Crippen molar-refractivity contribution >= 4 is 29.2 Å². The first kappa shape index (κ1) is 13.7. The predicted molar refractivity (Wildman–Crippen MR) is 69.2 cm³/mol. The molecule has 2 heterocycles. The lowest BCUT2D eigenvalue weighted by atomic mass is 9.91. The van der Waals surface area contributed by atoms with E-state index >= 15 is 0 Å². The summed E-state index contributed by atoms with van der Waals surface area (Å²) < 4.78 is 0. The summed E-state index contributed by atoms with van der Waals surface area (Å²) in [5.41, 5.74) is 0. The molecule has 19 heavy (non-hydrogen) atoms. The number of halogens is 1. The summed E-state index contributed by atoms with van der Waals surface area (Å²) in [7, 11) is 0. The number of carboxylic acids is 1. The highest BCUT2D eigenvalue weighted by Gasteiger charge is 2.26. The number of hydrogen-bond acceptors (Lipinski definition) is 5. The number of hydrogen-bond donors (Lipinski definition) is 1. The van der Waals surface area contributed by atoms with Gasteiger partial charge in [0.25, 0.3) is 0 Å². The minimum atomic E-state index is -1.06. The summed E-state index contributed by atoms with van der Waals surface area (Å²) in [6.45, 7) is 1.35. The van der Waals surface area contributed by atoms with Gasteiger partial charge in [0.1, 0.15) is 12.2 Å². The van der Waals surface area contributed by atoms with Crippen molar-refractivity contribution < 1.29 is 14.7 Å². The third kappa shape index (κ3) is 3.64. The van der Waals surface area contributed by atoms with Crippen molar-refractivity contribution in [1.82, 2.24) is 10.2 Å². The van der Waals surface area contributed by atoms with Gasteiger partial charge in [-0.25, -0.2) is 0 Å². The van der Waals surface area contributed by atoms with Crippen molar-refractivity contribution in [2.45, 2.75) is 19.3 Å². The van der Waals surface area contributed by atoms with Crippen molar-refractivity contribution in [3.05, 3.63) is 17.3 Å². The van der Waals surface area contributed by atoms with Gasteiger partial charge in [0.15, 0.2) is 11.0 Å². The molecule has 0 radical (unpaired) electrons. The van der Waals surface area contributed by atoms with E-state index in [9.17, 15) is 9.59 Å². The highest BCUT2D eigenvalue weighted by Crippen LogP contribution is 2.23. The predicted octanol–water partition coefficient (Wildman–Crippen LogP) is 1.39. The van der Waals surface area contributed by atoms with Gasteiger partial charge in [0, 0.05) is 19.0 Å². The van der Waals surface area contributed by atoms with E-state index in [-0.39, 0.29) is 18.1 Å². The van der Waals surface area contributed by atoms with Crippen LogP contribution in [0.2, 0.25) is 5.15 Å². The maximum absolute atomic E-state index is 11.7.